The highest BCUT2D eigenvalue weighted by Gasteiger charge is 2.15. The van der Waals surface area contributed by atoms with E-state index in [2.05, 4.69) is 4.98 Å². The fraction of sp³-hybridized carbons (Fsp3) is 0. The first-order valence-corrected chi connectivity index (χ1v) is 6.05. The molecule has 0 spiro atoms. The summed E-state index contributed by atoms with van der Waals surface area (Å²) in [6.45, 7) is 0. The van der Waals surface area contributed by atoms with Gasteiger partial charge in [-0.1, -0.05) is 0 Å². The molecule has 21 heavy (non-hydrogen) atoms. The van der Waals surface area contributed by atoms with Crippen LogP contribution in [0.15, 0.2) is 47.0 Å². The van der Waals surface area contributed by atoms with Gasteiger partial charge in [-0.2, -0.15) is 0 Å². The highest BCUT2D eigenvalue weighted by Crippen LogP contribution is 2.37. The van der Waals surface area contributed by atoms with Crippen LogP contribution in [0.4, 0.5) is 0 Å². The van der Waals surface area contributed by atoms with Crippen LogP contribution in [-0.2, 0) is 0 Å². The van der Waals surface area contributed by atoms with E-state index in [0.29, 0.717) is 0 Å². The van der Waals surface area contributed by atoms with E-state index in [0.717, 1.165) is 0 Å². The van der Waals surface area contributed by atoms with Crippen molar-refractivity contribution >= 4 is 0 Å². The lowest BCUT2D eigenvalue weighted by Gasteiger charge is -2.02. The number of benzene rings is 2. The first kappa shape index (κ1) is 12.9. The molecule has 0 saturated heterocycles. The summed E-state index contributed by atoms with van der Waals surface area (Å²) in [6, 6.07) is 7.98. The van der Waals surface area contributed by atoms with Crippen molar-refractivity contribution in [1.29, 1.82) is 0 Å². The van der Waals surface area contributed by atoms with Crippen LogP contribution in [0.5, 0.6) is 23.0 Å². The molecule has 0 fully saturated rings. The number of nitrogens with zero attached hydrogens (tertiary/aromatic N) is 1. The number of phenols is 4. The Morgan fingerprint density at radius 3 is 2.00 bits per heavy atom. The van der Waals surface area contributed by atoms with Crippen LogP contribution in [0, 0.1) is 0 Å². The Kier molecular flexibility index (Phi) is 2.91. The average molecular weight is 285 g/mol. The molecule has 6 heteroatoms. The normalized spacial score (nSPS) is 10.7. The summed E-state index contributed by atoms with van der Waals surface area (Å²) in [7, 11) is 0. The molecule has 1 aromatic heterocycles. The number of rotatable bonds is 2. The van der Waals surface area contributed by atoms with Gasteiger partial charge in [0.1, 0.15) is 23.0 Å². The Morgan fingerprint density at radius 1 is 0.762 bits per heavy atom. The standard InChI is InChI=1S/C15H11NO5/c17-8-1-3-12(19)10(5-8)14-7-16-15(21-14)11-6-9(18)2-4-13(11)20/h1-7,17-20H. The van der Waals surface area contributed by atoms with Crippen molar-refractivity contribution in [3.8, 4) is 45.8 Å². The lowest BCUT2D eigenvalue weighted by Crippen LogP contribution is -1.78. The second-order valence-electron chi connectivity index (χ2n) is 4.43. The molecular formula is C15H11NO5. The van der Waals surface area contributed by atoms with E-state index in [4.69, 9.17) is 4.42 Å². The molecule has 0 amide bonds. The largest absolute Gasteiger partial charge is 0.508 e. The van der Waals surface area contributed by atoms with Gasteiger partial charge >= 0.3 is 0 Å². The molecule has 3 rings (SSSR count). The summed E-state index contributed by atoms with van der Waals surface area (Å²) in [5, 5.41) is 38.5. The van der Waals surface area contributed by atoms with Gasteiger partial charge < -0.3 is 24.8 Å². The van der Waals surface area contributed by atoms with Gasteiger partial charge in [0.05, 0.1) is 17.3 Å². The van der Waals surface area contributed by atoms with Gasteiger partial charge in [-0.05, 0) is 36.4 Å². The van der Waals surface area contributed by atoms with E-state index in [1.54, 1.807) is 0 Å². The minimum atomic E-state index is -0.0960. The molecule has 3 aromatic rings. The first-order chi connectivity index (χ1) is 10.0. The van der Waals surface area contributed by atoms with Crippen molar-refractivity contribution in [2.24, 2.45) is 0 Å². The van der Waals surface area contributed by atoms with E-state index < -0.39 is 0 Å². The zero-order chi connectivity index (χ0) is 15.0. The second kappa shape index (κ2) is 4.75. The van der Waals surface area contributed by atoms with Crippen molar-refractivity contribution in [3.63, 3.8) is 0 Å². The molecular weight excluding hydrogens is 274 g/mol. The van der Waals surface area contributed by atoms with Crippen molar-refractivity contribution < 1.29 is 24.8 Å². The minimum Gasteiger partial charge on any atom is -0.508 e. The first-order valence-electron chi connectivity index (χ1n) is 6.05. The number of aromatic nitrogens is 1. The lowest BCUT2D eigenvalue weighted by atomic mass is 10.1. The number of aromatic hydroxyl groups is 4. The molecule has 6 nitrogen and oxygen atoms in total. The van der Waals surface area contributed by atoms with Gasteiger partial charge in [0.15, 0.2) is 5.76 Å². The molecule has 0 aliphatic heterocycles. The van der Waals surface area contributed by atoms with Gasteiger partial charge in [-0.15, -0.1) is 0 Å². The zero-order valence-electron chi connectivity index (χ0n) is 10.7. The third-order valence-corrected chi connectivity index (χ3v) is 2.96. The predicted octanol–water partition coefficient (Wildman–Crippen LogP) is 2.83. The van der Waals surface area contributed by atoms with Crippen LogP contribution >= 0.6 is 0 Å². The molecule has 4 N–H and O–H groups in total. The minimum absolute atomic E-state index is 0.0269. The predicted molar refractivity (Wildman–Crippen MR) is 74.0 cm³/mol. The van der Waals surface area contributed by atoms with Crippen LogP contribution < -0.4 is 0 Å². The van der Waals surface area contributed by atoms with Gasteiger partial charge in [0, 0.05) is 0 Å². The monoisotopic (exact) mass is 285 g/mol. The maximum Gasteiger partial charge on any atom is 0.230 e. The van der Waals surface area contributed by atoms with Gasteiger partial charge in [-0.3, -0.25) is 0 Å². The fourth-order valence-corrected chi connectivity index (χ4v) is 1.94. The molecule has 0 bridgehead atoms. The number of oxazole rings is 1. The van der Waals surface area contributed by atoms with Crippen molar-refractivity contribution in [2.75, 3.05) is 0 Å². The molecule has 0 saturated carbocycles. The van der Waals surface area contributed by atoms with Gasteiger partial charge in [0.25, 0.3) is 0 Å². The third kappa shape index (κ3) is 2.34. The molecule has 0 radical (unpaired) electrons. The summed E-state index contributed by atoms with van der Waals surface area (Å²) in [6.07, 6.45) is 1.35. The summed E-state index contributed by atoms with van der Waals surface area (Å²) in [4.78, 5) is 4.01. The molecule has 106 valence electrons. The smallest absolute Gasteiger partial charge is 0.230 e. The molecule has 0 aliphatic carbocycles. The maximum absolute atomic E-state index is 9.78. The Hall–Kier alpha value is -3.15. The second-order valence-corrected chi connectivity index (χ2v) is 4.43. The molecule has 0 atom stereocenters. The number of phenolic OH excluding ortho intramolecular Hbond substituents is 4. The van der Waals surface area contributed by atoms with Gasteiger partial charge in [-0.25, -0.2) is 4.98 Å². The summed E-state index contributed by atoms with van der Waals surface area (Å²) in [5.41, 5.74) is 0.495. The summed E-state index contributed by atoms with van der Waals surface area (Å²) in [5.74, 6) is 0.0722. The van der Waals surface area contributed by atoms with E-state index in [1.165, 1.54) is 42.6 Å². The van der Waals surface area contributed by atoms with Crippen molar-refractivity contribution in [1.82, 2.24) is 4.98 Å². The van der Waals surface area contributed by atoms with Crippen LogP contribution in [0.2, 0.25) is 0 Å². The maximum atomic E-state index is 9.78. The highest BCUT2D eigenvalue weighted by atomic mass is 16.4. The lowest BCUT2D eigenvalue weighted by molar-refractivity contribution is 0.456. The quantitative estimate of drug-likeness (QED) is 0.539. The zero-order valence-corrected chi connectivity index (χ0v) is 10.7. The Bertz CT molecular complexity index is 744. The molecule has 0 aliphatic rings. The van der Waals surface area contributed by atoms with Crippen LogP contribution in [0.1, 0.15) is 0 Å². The Morgan fingerprint density at radius 2 is 1.33 bits per heavy atom. The topological polar surface area (TPSA) is 107 Å². The summed E-state index contributed by atoms with van der Waals surface area (Å²) < 4.78 is 5.47. The number of hydrogen-bond acceptors (Lipinski definition) is 6. The van der Waals surface area contributed by atoms with E-state index >= 15 is 0 Å². The SMILES string of the molecule is Oc1ccc(O)c(-c2cnc(-c3cc(O)ccc3O)o2)c1. The van der Waals surface area contributed by atoms with Crippen molar-refractivity contribution in [2.45, 2.75) is 0 Å². The van der Waals surface area contributed by atoms with E-state index in [1.807, 2.05) is 0 Å². The van der Waals surface area contributed by atoms with Crippen LogP contribution in [0.25, 0.3) is 22.8 Å². The van der Waals surface area contributed by atoms with Crippen molar-refractivity contribution in [3.05, 3.63) is 42.6 Å². The highest BCUT2D eigenvalue weighted by molar-refractivity contribution is 5.70. The van der Waals surface area contributed by atoms with Crippen LogP contribution in [0.3, 0.4) is 0 Å². The Balaban J connectivity index is 2.08. The van der Waals surface area contributed by atoms with Gasteiger partial charge in [0.2, 0.25) is 5.89 Å². The Labute approximate surface area is 119 Å². The van der Waals surface area contributed by atoms with E-state index in [9.17, 15) is 20.4 Å². The summed E-state index contributed by atoms with van der Waals surface area (Å²) >= 11 is 0. The fourth-order valence-electron chi connectivity index (χ4n) is 1.94. The average Bonchev–Trinajstić information content (AvgIpc) is 2.93. The molecule has 1 heterocycles. The molecule has 2 aromatic carbocycles. The number of hydrogen-bond donors (Lipinski definition) is 4. The molecule has 0 unspecified atom stereocenters. The van der Waals surface area contributed by atoms with Crippen LogP contribution in [-0.4, -0.2) is 25.4 Å². The third-order valence-electron chi connectivity index (χ3n) is 2.96. The van der Waals surface area contributed by atoms with E-state index in [-0.39, 0.29) is 45.8 Å².